The smallest absolute Gasteiger partial charge is 0.279 e. The van der Waals surface area contributed by atoms with Crippen molar-refractivity contribution in [2.45, 2.75) is 0 Å². The van der Waals surface area contributed by atoms with E-state index in [-0.39, 0.29) is 5.56 Å². The molecule has 4 nitrogen and oxygen atoms in total. The molecule has 0 saturated heterocycles. The van der Waals surface area contributed by atoms with Gasteiger partial charge in [-0.05, 0) is 24.3 Å². The summed E-state index contributed by atoms with van der Waals surface area (Å²) in [6.07, 6.45) is 0. The van der Waals surface area contributed by atoms with Crippen LogP contribution in [0.4, 0.5) is 5.69 Å². The predicted octanol–water partition coefficient (Wildman–Crippen LogP) is 4.29. The largest absolute Gasteiger partial charge is 0.397 e. The van der Waals surface area contributed by atoms with Gasteiger partial charge in [0.05, 0.1) is 22.5 Å². The maximum Gasteiger partial charge on any atom is 0.279 e. The predicted molar refractivity (Wildman–Crippen MR) is 102 cm³/mol. The summed E-state index contributed by atoms with van der Waals surface area (Å²) in [6, 6.07) is 22.2. The van der Waals surface area contributed by atoms with Crippen LogP contribution in [-0.4, -0.2) is 9.78 Å². The molecular weight excluding hydrogens is 334 g/mol. The molecule has 4 rings (SSSR count). The first kappa shape index (κ1) is 15.4. The van der Waals surface area contributed by atoms with Crippen LogP contribution in [0.5, 0.6) is 0 Å². The molecule has 122 valence electrons. The third-order valence-corrected chi connectivity index (χ3v) is 4.31. The molecule has 0 aliphatic rings. The molecule has 4 aromatic rings. The number of aromatic nitrogens is 2. The minimum absolute atomic E-state index is 0.232. The molecule has 0 amide bonds. The second kappa shape index (κ2) is 6.07. The lowest BCUT2D eigenvalue weighted by atomic mass is 10.1. The highest BCUT2D eigenvalue weighted by Crippen LogP contribution is 2.27. The second-order valence-corrected chi connectivity index (χ2v) is 6.12. The van der Waals surface area contributed by atoms with E-state index in [4.69, 9.17) is 17.3 Å². The molecule has 0 atom stereocenters. The van der Waals surface area contributed by atoms with Crippen LogP contribution in [0.15, 0.2) is 77.6 Å². The molecule has 0 bridgehead atoms. The highest BCUT2D eigenvalue weighted by Gasteiger charge is 2.14. The quantitative estimate of drug-likeness (QED) is 0.550. The molecule has 0 aliphatic heterocycles. The molecule has 0 radical (unpaired) electrons. The summed E-state index contributed by atoms with van der Waals surface area (Å²) >= 11 is 6.10. The number of nitrogens with zero attached hydrogens (tertiary/aromatic N) is 2. The molecule has 0 spiro atoms. The van der Waals surface area contributed by atoms with Gasteiger partial charge >= 0.3 is 0 Å². The van der Waals surface area contributed by atoms with Crippen LogP contribution < -0.4 is 11.3 Å². The van der Waals surface area contributed by atoms with Crippen molar-refractivity contribution in [3.63, 3.8) is 0 Å². The van der Waals surface area contributed by atoms with Gasteiger partial charge in [0.15, 0.2) is 0 Å². The molecule has 1 heterocycles. The van der Waals surface area contributed by atoms with Crippen LogP contribution in [0.3, 0.4) is 0 Å². The normalized spacial score (nSPS) is 10.9. The number of hydrogen-bond donors (Lipinski definition) is 1. The Morgan fingerprint density at radius 2 is 1.56 bits per heavy atom. The van der Waals surface area contributed by atoms with Crippen LogP contribution in [0.25, 0.3) is 27.7 Å². The molecule has 0 aliphatic carbocycles. The maximum atomic E-state index is 13.0. The lowest BCUT2D eigenvalue weighted by Crippen LogP contribution is -2.23. The van der Waals surface area contributed by atoms with Gasteiger partial charge in [0.2, 0.25) is 0 Å². The van der Waals surface area contributed by atoms with E-state index in [0.717, 1.165) is 16.6 Å². The topological polar surface area (TPSA) is 60.9 Å². The van der Waals surface area contributed by atoms with Crippen molar-refractivity contribution in [2.24, 2.45) is 0 Å². The van der Waals surface area contributed by atoms with Crippen LogP contribution in [-0.2, 0) is 0 Å². The van der Waals surface area contributed by atoms with Gasteiger partial charge in [-0.25, -0.2) is 0 Å². The van der Waals surface area contributed by atoms with E-state index in [9.17, 15) is 4.79 Å². The van der Waals surface area contributed by atoms with E-state index in [1.54, 1.807) is 24.3 Å². The van der Waals surface area contributed by atoms with Gasteiger partial charge in [-0.2, -0.15) is 9.78 Å². The van der Waals surface area contributed by atoms with Crippen LogP contribution in [0.1, 0.15) is 0 Å². The first-order valence-corrected chi connectivity index (χ1v) is 8.16. The Labute approximate surface area is 149 Å². The summed E-state index contributed by atoms with van der Waals surface area (Å²) in [7, 11) is 0. The fourth-order valence-corrected chi connectivity index (χ4v) is 3.03. The number of hydrogen-bond acceptors (Lipinski definition) is 3. The Bertz CT molecular complexity index is 1140. The summed E-state index contributed by atoms with van der Waals surface area (Å²) in [5, 5.41) is 6.48. The van der Waals surface area contributed by atoms with Crippen molar-refractivity contribution >= 4 is 28.1 Å². The number of rotatable bonds is 2. The van der Waals surface area contributed by atoms with E-state index in [1.165, 1.54) is 4.68 Å². The average Bonchev–Trinajstić information content (AvgIpc) is 2.65. The van der Waals surface area contributed by atoms with E-state index < -0.39 is 0 Å². The number of benzene rings is 3. The van der Waals surface area contributed by atoms with Gasteiger partial charge in [-0.1, -0.05) is 60.1 Å². The fourth-order valence-electron chi connectivity index (χ4n) is 2.86. The molecule has 0 fully saturated rings. The van der Waals surface area contributed by atoms with Crippen LogP contribution >= 0.6 is 11.6 Å². The Morgan fingerprint density at radius 3 is 2.32 bits per heavy atom. The first-order chi connectivity index (χ1) is 12.1. The summed E-state index contributed by atoms with van der Waals surface area (Å²) in [4.78, 5) is 13.0. The zero-order valence-electron chi connectivity index (χ0n) is 13.2. The van der Waals surface area contributed by atoms with Crippen molar-refractivity contribution in [2.75, 3.05) is 5.73 Å². The summed E-state index contributed by atoms with van der Waals surface area (Å²) in [6.45, 7) is 0. The monoisotopic (exact) mass is 347 g/mol. The standard InChI is InChI=1S/C20H14ClN3O/c21-14-10-11-17(22)18(12-14)24-20(25)16-9-5-4-8-15(16)19(23-24)13-6-2-1-3-7-13/h1-12H,22H2. The van der Waals surface area contributed by atoms with Crippen molar-refractivity contribution < 1.29 is 0 Å². The van der Waals surface area contributed by atoms with E-state index in [2.05, 4.69) is 5.10 Å². The number of nitrogens with two attached hydrogens (primary N) is 1. The summed E-state index contributed by atoms with van der Waals surface area (Å²) < 4.78 is 1.33. The van der Waals surface area contributed by atoms with Gasteiger partial charge < -0.3 is 5.73 Å². The Kier molecular flexibility index (Phi) is 3.75. The Hall–Kier alpha value is -3.11. The lowest BCUT2D eigenvalue weighted by Gasteiger charge is -2.13. The molecular formula is C20H14ClN3O. The third-order valence-electron chi connectivity index (χ3n) is 4.07. The number of anilines is 1. The zero-order valence-corrected chi connectivity index (χ0v) is 13.9. The number of halogens is 1. The first-order valence-electron chi connectivity index (χ1n) is 7.78. The van der Waals surface area contributed by atoms with Gasteiger partial charge in [-0.3, -0.25) is 4.79 Å². The summed E-state index contributed by atoms with van der Waals surface area (Å²) in [5.41, 5.74) is 8.39. The molecule has 0 unspecified atom stereocenters. The minimum Gasteiger partial charge on any atom is -0.397 e. The van der Waals surface area contributed by atoms with Gasteiger partial charge in [-0.15, -0.1) is 0 Å². The molecule has 2 N–H and O–H groups in total. The molecule has 1 aromatic heterocycles. The highest BCUT2D eigenvalue weighted by molar-refractivity contribution is 6.30. The Morgan fingerprint density at radius 1 is 0.880 bits per heavy atom. The lowest BCUT2D eigenvalue weighted by molar-refractivity contribution is 0.828. The maximum absolute atomic E-state index is 13.0. The third kappa shape index (κ3) is 2.66. The molecule has 5 heteroatoms. The molecule has 0 saturated carbocycles. The van der Waals surface area contributed by atoms with Gasteiger partial charge in [0.1, 0.15) is 0 Å². The van der Waals surface area contributed by atoms with Gasteiger partial charge in [0.25, 0.3) is 5.56 Å². The van der Waals surface area contributed by atoms with Crippen molar-refractivity contribution in [1.29, 1.82) is 0 Å². The molecule has 25 heavy (non-hydrogen) atoms. The van der Waals surface area contributed by atoms with E-state index in [1.807, 2.05) is 48.5 Å². The number of fused-ring (bicyclic) bond motifs is 1. The SMILES string of the molecule is Nc1ccc(Cl)cc1-n1nc(-c2ccccc2)c2ccccc2c1=O. The van der Waals surface area contributed by atoms with Crippen molar-refractivity contribution in [3.8, 4) is 16.9 Å². The second-order valence-electron chi connectivity index (χ2n) is 5.68. The highest BCUT2D eigenvalue weighted by atomic mass is 35.5. The minimum atomic E-state index is -0.232. The van der Waals surface area contributed by atoms with Crippen LogP contribution in [0.2, 0.25) is 5.02 Å². The average molecular weight is 348 g/mol. The van der Waals surface area contributed by atoms with Crippen LogP contribution in [0, 0.1) is 0 Å². The fraction of sp³-hybridized carbons (Fsp3) is 0. The molecule has 3 aromatic carbocycles. The van der Waals surface area contributed by atoms with E-state index >= 15 is 0 Å². The Balaban J connectivity index is 2.12. The van der Waals surface area contributed by atoms with Gasteiger partial charge in [0, 0.05) is 16.0 Å². The van der Waals surface area contributed by atoms with Crippen molar-refractivity contribution in [3.05, 3.63) is 88.2 Å². The zero-order chi connectivity index (χ0) is 17.4. The summed E-state index contributed by atoms with van der Waals surface area (Å²) in [5.74, 6) is 0. The number of nitrogen functional groups attached to an aromatic ring is 1. The van der Waals surface area contributed by atoms with E-state index in [0.29, 0.717) is 21.8 Å². The van der Waals surface area contributed by atoms with Crippen molar-refractivity contribution in [1.82, 2.24) is 9.78 Å².